The lowest BCUT2D eigenvalue weighted by atomic mass is 9.88. The molecule has 0 radical (unpaired) electrons. The molecule has 0 spiro atoms. The van der Waals surface area contributed by atoms with Crippen molar-refractivity contribution in [1.82, 2.24) is 5.48 Å². The maximum atomic E-state index is 11.8. The molecule has 0 aliphatic heterocycles. The first-order chi connectivity index (χ1) is 6.33. The highest BCUT2D eigenvalue weighted by molar-refractivity contribution is 5.81. The summed E-state index contributed by atoms with van der Waals surface area (Å²) in [6.07, 6.45) is 4.26. The molecule has 0 bridgehead atoms. The van der Waals surface area contributed by atoms with Gasteiger partial charge in [-0.3, -0.25) is 9.63 Å². The van der Waals surface area contributed by atoms with E-state index in [-0.39, 0.29) is 16.9 Å². The van der Waals surface area contributed by atoms with Crippen LogP contribution in [0.25, 0.3) is 0 Å². The molecule has 1 rings (SSSR count). The van der Waals surface area contributed by atoms with Crippen molar-refractivity contribution in [2.75, 3.05) is 0 Å². The average molecular weight is 199 g/mol. The smallest absolute Gasteiger partial charge is 0.249 e. The fourth-order valence-corrected chi connectivity index (χ4v) is 1.71. The number of nitrogens with one attached hydrogen (secondary N) is 1. The summed E-state index contributed by atoms with van der Waals surface area (Å²) in [6.45, 7) is 7.78. The molecule has 3 nitrogen and oxygen atoms in total. The van der Waals surface area contributed by atoms with E-state index in [4.69, 9.17) is 4.84 Å². The summed E-state index contributed by atoms with van der Waals surface area (Å²) in [4.78, 5) is 17.0. The van der Waals surface area contributed by atoms with E-state index in [1.165, 1.54) is 0 Å². The van der Waals surface area contributed by atoms with Gasteiger partial charge in [0.2, 0.25) is 5.91 Å². The zero-order valence-corrected chi connectivity index (χ0v) is 9.64. The summed E-state index contributed by atoms with van der Waals surface area (Å²) in [5.41, 5.74) is 2.05. The molecule has 0 aromatic heterocycles. The number of hydrogen-bond acceptors (Lipinski definition) is 2. The van der Waals surface area contributed by atoms with Crippen molar-refractivity contribution in [2.45, 2.75) is 59.0 Å². The third kappa shape index (κ3) is 2.98. The Morgan fingerprint density at radius 3 is 2.21 bits per heavy atom. The van der Waals surface area contributed by atoms with Crippen LogP contribution in [0.5, 0.6) is 0 Å². The van der Waals surface area contributed by atoms with Crippen molar-refractivity contribution in [1.29, 1.82) is 0 Å². The molecule has 0 heterocycles. The standard InChI is InChI=1S/C11H21NO2/c1-10(2,3)14-12-9(13)11(4)7-5-6-8-11/h5-8H2,1-4H3,(H,12,13). The highest BCUT2D eigenvalue weighted by Gasteiger charge is 2.36. The summed E-state index contributed by atoms with van der Waals surface area (Å²) in [6, 6.07) is 0. The Labute approximate surface area is 86.2 Å². The molecule has 1 amide bonds. The van der Waals surface area contributed by atoms with Crippen LogP contribution in [0.1, 0.15) is 53.4 Å². The molecular formula is C11H21NO2. The average Bonchev–Trinajstić information content (AvgIpc) is 2.48. The molecule has 3 heteroatoms. The van der Waals surface area contributed by atoms with Gasteiger partial charge in [0.25, 0.3) is 0 Å². The molecule has 0 saturated heterocycles. The molecule has 1 N–H and O–H groups in total. The number of amides is 1. The quantitative estimate of drug-likeness (QED) is 0.693. The molecule has 14 heavy (non-hydrogen) atoms. The van der Waals surface area contributed by atoms with Crippen LogP contribution >= 0.6 is 0 Å². The summed E-state index contributed by atoms with van der Waals surface area (Å²) < 4.78 is 0. The van der Waals surface area contributed by atoms with E-state index in [1.807, 2.05) is 27.7 Å². The number of carbonyl (C=O) groups is 1. The molecule has 1 fully saturated rings. The molecule has 82 valence electrons. The third-order valence-electron chi connectivity index (χ3n) is 2.71. The highest BCUT2D eigenvalue weighted by Crippen LogP contribution is 2.37. The molecule has 0 atom stereocenters. The van der Waals surface area contributed by atoms with Gasteiger partial charge in [-0.15, -0.1) is 0 Å². The Morgan fingerprint density at radius 1 is 1.29 bits per heavy atom. The minimum atomic E-state index is -0.315. The van der Waals surface area contributed by atoms with Gasteiger partial charge in [-0.2, -0.15) is 0 Å². The number of rotatable bonds is 2. The van der Waals surface area contributed by atoms with Crippen molar-refractivity contribution in [2.24, 2.45) is 5.41 Å². The van der Waals surface area contributed by atoms with Gasteiger partial charge in [-0.05, 0) is 33.6 Å². The lowest BCUT2D eigenvalue weighted by molar-refractivity contribution is -0.154. The van der Waals surface area contributed by atoms with Crippen LogP contribution < -0.4 is 5.48 Å². The monoisotopic (exact) mass is 199 g/mol. The van der Waals surface area contributed by atoms with Gasteiger partial charge in [-0.1, -0.05) is 19.8 Å². The molecule has 1 aliphatic carbocycles. The third-order valence-corrected chi connectivity index (χ3v) is 2.71. The molecular weight excluding hydrogens is 178 g/mol. The maximum absolute atomic E-state index is 11.8. The van der Waals surface area contributed by atoms with Crippen molar-refractivity contribution in [3.8, 4) is 0 Å². The van der Waals surface area contributed by atoms with Crippen LogP contribution in [0.3, 0.4) is 0 Å². The Bertz CT molecular complexity index is 212. The van der Waals surface area contributed by atoms with Gasteiger partial charge in [0.1, 0.15) is 0 Å². The summed E-state index contributed by atoms with van der Waals surface area (Å²) >= 11 is 0. The number of hydroxylamine groups is 1. The minimum Gasteiger partial charge on any atom is -0.272 e. The second kappa shape index (κ2) is 3.89. The molecule has 1 aliphatic rings. The first-order valence-electron chi connectivity index (χ1n) is 5.32. The van der Waals surface area contributed by atoms with E-state index in [2.05, 4.69) is 5.48 Å². The van der Waals surface area contributed by atoms with E-state index in [0.29, 0.717) is 0 Å². The Hall–Kier alpha value is -0.570. The zero-order chi connectivity index (χ0) is 10.8. The first-order valence-corrected chi connectivity index (χ1v) is 5.32. The Morgan fingerprint density at radius 2 is 1.79 bits per heavy atom. The summed E-state index contributed by atoms with van der Waals surface area (Å²) in [5.74, 6) is 0.0323. The number of carbonyl (C=O) groups excluding carboxylic acids is 1. The predicted molar refractivity (Wildman–Crippen MR) is 55.6 cm³/mol. The summed E-state index contributed by atoms with van der Waals surface area (Å²) in [5, 5.41) is 0. The first kappa shape index (κ1) is 11.5. The van der Waals surface area contributed by atoms with Gasteiger partial charge < -0.3 is 0 Å². The van der Waals surface area contributed by atoms with E-state index >= 15 is 0 Å². The molecule has 0 unspecified atom stereocenters. The van der Waals surface area contributed by atoms with Crippen LogP contribution in [0, 0.1) is 5.41 Å². The maximum Gasteiger partial charge on any atom is 0.249 e. The van der Waals surface area contributed by atoms with E-state index in [0.717, 1.165) is 25.7 Å². The lowest BCUT2D eigenvalue weighted by Gasteiger charge is -2.25. The fraction of sp³-hybridized carbons (Fsp3) is 0.909. The zero-order valence-electron chi connectivity index (χ0n) is 9.64. The molecule has 1 saturated carbocycles. The minimum absolute atomic E-state index is 0.0323. The number of hydrogen-bond donors (Lipinski definition) is 1. The van der Waals surface area contributed by atoms with Crippen LogP contribution in [0.2, 0.25) is 0 Å². The van der Waals surface area contributed by atoms with Crippen LogP contribution in [-0.2, 0) is 9.63 Å². The van der Waals surface area contributed by atoms with Gasteiger partial charge in [-0.25, -0.2) is 5.48 Å². The van der Waals surface area contributed by atoms with E-state index in [9.17, 15) is 4.79 Å². The van der Waals surface area contributed by atoms with Crippen LogP contribution in [0.4, 0.5) is 0 Å². The van der Waals surface area contributed by atoms with Gasteiger partial charge in [0.15, 0.2) is 0 Å². The molecule has 0 aromatic rings. The largest absolute Gasteiger partial charge is 0.272 e. The van der Waals surface area contributed by atoms with E-state index in [1.54, 1.807) is 0 Å². The van der Waals surface area contributed by atoms with Crippen molar-refractivity contribution < 1.29 is 9.63 Å². The van der Waals surface area contributed by atoms with E-state index < -0.39 is 0 Å². The normalized spacial score (nSPS) is 20.9. The topological polar surface area (TPSA) is 38.3 Å². The van der Waals surface area contributed by atoms with Gasteiger partial charge in [0, 0.05) is 5.41 Å². The Kier molecular flexibility index (Phi) is 3.20. The van der Waals surface area contributed by atoms with Crippen LogP contribution in [-0.4, -0.2) is 11.5 Å². The van der Waals surface area contributed by atoms with Gasteiger partial charge in [0.05, 0.1) is 5.60 Å². The second-order valence-corrected chi connectivity index (χ2v) is 5.41. The lowest BCUT2D eigenvalue weighted by Crippen LogP contribution is -2.41. The molecule has 0 aromatic carbocycles. The van der Waals surface area contributed by atoms with Crippen molar-refractivity contribution in [3.63, 3.8) is 0 Å². The predicted octanol–water partition coefficient (Wildman–Crippen LogP) is 2.41. The fourth-order valence-electron chi connectivity index (χ4n) is 1.71. The van der Waals surface area contributed by atoms with Crippen molar-refractivity contribution >= 4 is 5.91 Å². The highest BCUT2D eigenvalue weighted by atomic mass is 16.7. The second-order valence-electron chi connectivity index (χ2n) is 5.41. The Balaban J connectivity index is 2.42. The van der Waals surface area contributed by atoms with Crippen molar-refractivity contribution in [3.05, 3.63) is 0 Å². The SMILES string of the molecule is CC(C)(C)ONC(=O)C1(C)CCCC1. The van der Waals surface area contributed by atoms with Gasteiger partial charge >= 0.3 is 0 Å². The summed E-state index contributed by atoms with van der Waals surface area (Å²) in [7, 11) is 0. The van der Waals surface area contributed by atoms with Crippen LogP contribution in [0.15, 0.2) is 0 Å².